The summed E-state index contributed by atoms with van der Waals surface area (Å²) in [4.78, 5) is 23.4. The van der Waals surface area contributed by atoms with Crippen LogP contribution in [0.1, 0.15) is 17.3 Å². The molecule has 4 N–H and O–H groups in total. The van der Waals surface area contributed by atoms with Crippen LogP contribution in [0.5, 0.6) is 5.75 Å². The molecular weight excluding hydrogens is 294 g/mol. The number of nitrogens with one attached hydrogen (secondary N) is 2. The average Bonchev–Trinajstić information content (AvgIpc) is 2.55. The molecule has 0 aliphatic carbocycles. The highest BCUT2D eigenvalue weighted by Crippen LogP contribution is 2.17. The van der Waals surface area contributed by atoms with Crippen LogP contribution in [0.3, 0.4) is 0 Å². The molecule has 0 saturated carbocycles. The van der Waals surface area contributed by atoms with Crippen LogP contribution in [0.2, 0.25) is 0 Å². The predicted molar refractivity (Wildman–Crippen MR) is 89.7 cm³/mol. The molecule has 120 valence electrons. The van der Waals surface area contributed by atoms with Gasteiger partial charge in [-0.2, -0.15) is 0 Å². The molecule has 0 aromatic heterocycles. The number of hydrogen-bond donors (Lipinski definition) is 3. The molecule has 0 bridgehead atoms. The fourth-order valence-electron chi connectivity index (χ4n) is 2.03. The van der Waals surface area contributed by atoms with E-state index in [9.17, 15) is 9.59 Å². The lowest BCUT2D eigenvalue weighted by molar-refractivity contribution is -0.116. The number of ether oxygens (including phenoxy) is 1. The van der Waals surface area contributed by atoms with Gasteiger partial charge in [-0.25, -0.2) is 0 Å². The molecule has 0 aliphatic rings. The Bertz CT molecular complexity index is 716. The number of carbonyl (C=O) groups excluding carboxylic acids is 2. The van der Waals surface area contributed by atoms with Crippen molar-refractivity contribution >= 4 is 23.2 Å². The Morgan fingerprint density at radius 2 is 1.78 bits per heavy atom. The van der Waals surface area contributed by atoms with Gasteiger partial charge < -0.3 is 21.1 Å². The maximum absolute atomic E-state index is 12.2. The van der Waals surface area contributed by atoms with Crippen LogP contribution in [-0.4, -0.2) is 25.0 Å². The molecule has 0 radical (unpaired) electrons. The van der Waals surface area contributed by atoms with Gasteiger partial charge in [-0.1, -0.05) is 12.1 Å². The molecule has 2 aromatic rings. The molecule has 1 atom stereocenters. The molecule has 0 heterocycles. The van der Waals surface area contributed by atoms with Crippen molar-refractivity contribution in [2.75, 3.05) is 17.7 Å². The van der Waals surface area contributed by atoms with E-state index >= 15 is 0 Å². The Hall–Kier alpha value is -3.02. The molecule has 0 fully saturated rings. The first kappa shape index (κ1) is 16.4. The van der Waals surface area contributed by atoms with E-state index in [0.29, 0.717) is 22.7 Å². The number of hydrogen-bond acceptors (Lipinski definition) is 4. The average molecular weight is 313 g/mol. The van der Waals surface area contributed by atoms with Gasteiger partial charge in [-0.15, -0.1) is 0 Å². The number of benzene rings is 2. The SMILES string of the molecule is COc1cccc(NC(=O)C(C)Nc2cccc(C(N)=O)c2)c1. The highest BCUT2D eigenvalue weighted by atomic mass is 16.5. The second kappa shape index (κ2) is 7.31. The number of anilines is 2. The third-order valence-electron chi connectivity index (χ3n) is 3.26. The summed E-state index contributed by atoms with van der Waals surface area (Å²) in [6, 6.07) is 13.3. The zero-order valence-electron chi connectivity index (χ0n) is 13.0. The van der Waals surface area contributed by atoms with Crippen molar-refractivity contribution < 1.29 is 14.3 Å². The second-order valence-corrected chi connectivity index (χ2v) is 5.03. The van der Waals surface area contributed by atoms with Gasteiger partial charge >= 0.3 is 0 Å². The van der Waals surface area contributed by atoms with Crippen molar-refractivity contribution in [3.05, 3.63) is 54.1 Å². The lowest BCUT2D eigenvalue weighted by Crippen LogP contribution is -2.31. The summed E-state index contributed by atoms with van der Waals surface area (Å²) in [6.45, 7) is 1.73. The molecule has 0 saturated heterocycles. The van der Waals surface area contributed by atoms with Crippen LogP contribution in [-0.2, 0) is 4.79 Å². The van der Waals surface area contributed by atoms with E-state index in [2.05, 4.69) is 10.6 Å². The standard InChI is InChI=1S/C17H19N3O3/c1-11(19-13-6-3-5-12(9-13)16(18)21)17(22)20-14-7-4-8-15(10-14)23-2/h3-11,19H,1-2H3,(H2,18,21)(H,20,22). The second-order valence-electron chi connectivity index (χ2n) is 5.03. The van der Waals surface area contributed by atoms with Crippen molar-refractivity contribution in [3.63, 3.8) is 0 Å². The molecular formula is C17H19N3O3. The van der Waals surface area contributed by atoms with Crippen molar-refractivity contribution in [2.45, 2.75) is 13.0 Å². The normalized spacial score (nSPS) is 11.4. The summed E-state index contributed by atoms with van der Waals surface area (Å²) in [6.07, 6.45) is 0. The summed E-state index contributed by atoms with van der Waals surface area (Å²) in [7, 11) is 1.57. The van der Waals surface area contributed by atoms with Crippen LogP contribution in [0, 0.1) is 0 Å². The Morgan fingerprint density at radius 1 is 1.09 bits per heavy atom. The summed E-state index contributed by atoms with van der Waals surface area (Å²) < 4.78 is 5.12. The number of methoxy groups -OCH3 is 1. The van der Waals surface area contributed by atoms with Gasteiger partial charge in [0, 0.05) is 23.0 Å². The lowest BCUT2D eigenvalue weighted by Gasteiger charge is -2.16. The minimum atomic E-state index is -0.512. The van der Waals surface area contributed by atoms with Gasteiger partial charge in [0.15, 0.2) is 0 Å². The molecule has 2 rings (SSSR count). The van der Waals surface area contributed by atoms with E-state index in [1.807, 2.05) is 0 Å². The van der Waals surface area contributed by atoms with Crippen molar-refractivity contribution in [1.82, 2.24) is 0 Å². The molecule has 0 aliphatic heterocycles. The Labute approximate surface area is 134 Å². The third-order valence-corrected chi connectivity index (χ3v) is 3.26. The summed E-state index contributed by atoms with van der Waals surface area (Å²) >= 11 is 0. The first-order valence-corrected chi connectivity index (χ1v) is 7.11. The number of carbonyl (C=O) groups is 2. The fourth-order valence-corrected chi connectivity index (χ4v) is 2.03. The van der Waals surface area contributed by atoms with Gasteiger partial charge in [-0.05, 0) is 37.3 Å². The largest absolute Gasteiger partial charge is 0.497 e. The van der Waals surface area contributed by atoms with Crippen molar-refractivity contribution in [2.24, 2.45) is 5.73 Å². The molecule has 6 heteroatoms. The molecule has 1 unspecified atom stereocenters. The van der Waals surface area contributed by atoms with Crippen LogP contribution in [0.4, 0.5) is 11.4 Å². The fraction of sp³-hybridized carbons (Fsp3) is 0.176. The zero-order valence-corrected chi connectivity index (χ0v) is 13.0. The highest BCUT2D eigenvalue weighted by Gasteiger charge is 2.13. The summed E-state index contributed by atoms with van der Waals surface area (Å²) in [5.41, 5.74) is 6.92. The summed E-state index contributed by atoms with van der Waals surface area (Å²) in [5, 5.41) is 5.84. The number of rotatable bonds is 6. The van der Waals surface area contributed by atoms with E-state index in [0.717, 1.165) is 0 Å². The highest BCUT2D eigenvalue weighted by molar-refractivity contribution is 5.97. The number of primary amides is 1. The third kappa shape index (κ3) is 4.47. The van der Waals surface area contributed by atoms with Crippen LogP contribution in [0.25, 0.3) is 0 Å². The Morgan fingerprint density at radius 3 is 2.48 bits per heavy atom. The molecule has 6 nitrogen and oxygen atoms in total. The molecule has 0 spiro atoms. The first-order chi connectivity index (χ1) is 11.0. The van der Waals surface area contributed by atoms with E-state index in [1.165, 1.54) is 0 Å². The molecule has 2 amide bonds. The van der Waals surface area contributed by atoms with Crippen molar-refractivity contribution in [1.29, 1.82) is 0 Å². The number of amides is 2. The van der Waals surface area contributed by atoms with Gasteiger partial charge in [0.2, 0.25) is 11.8 Å². The van der Waals surface area contributed by atoms with Gasteiger partial charge in [0.1, 0.15) is 11.8 Å². The first-order valence-electron chi connectivity index (χ1n) is 7.11. The Kier molecular flexibility index (Phi) is 5.19. The van der Waals surface area contributed by atoms with Crippen LogP contribution in [0.15, 0.2) is 48.5 Å². The lowest BCUT2D eigenvalue weighted by atomic mass is 10.1. The smallest absolute Gasteiger partial charge is 0.248 e. The van der Waals surface area contributed by atoms with E-state index in [-0.39, 0.29) is 5.91 Å². The maximum Gasteiger partial charge on any atom is 0.248 e. The number of nitrogens with two attached hydrogens (primary N) is 1. The van der Waals surface area contributed by atoms with Crippen LogP contribution >= 0.6 is 0 Å². The quantitative estimate of drug-likeness (QED) is 0.762. The minimum absolute atomic E-state index is 0.206. The molecule has 23 heavy (non-hydrogen) atoms. The monoisotopic (exact) mass is 313 g/mol. The van der Waals surface area contributed by atoms with E-state index in [1.54, 1.807) is 62.6 Å². The van der Waals surface area contributed by atoms with Gasteiger partial charge in [0.05, 0.1) is 7.11 Å². The van der Waals surface area contributed by atoms with E-state index < -0.39 is 11.9 Å². The minimum Gasteiger partial charge on any atom is -0.497 e. The predicted octanol–water partition coefficient (Wildman–Crippen LogP) is 2.23. The Balaban J connectivity index is 2.02. The topological polar surface area (TPSA) is 93.4 Å². The van der Waals surface area contributed by atoms with Gasteiger partial charge in [0.25, 0.3) is 0 Å². The summed E-state index contributed by atoms with van der Waals surface area (Å²) in [5.74, 6) is -0.0533. The maximum atomic E-state index is 12.2. The van der Waals surface area contributed by atoms with Crippen molar-refractivity contribution in [3.8, 4) is 5.75 Å². The van der Waals surface area contributed by atoms with Gasteiger partial charge in [-0.3, -0.25) is 9.59 Å². The zero-order chi connectivity index (χ0) is 16.8. The van der Waals surface area contributed by atoms with E-state index in [4.69, 9.17) is 10.5 Å². The molecule has 2 aromatic carbocycles. The van der Waals surface area contributed by atoms with Crippen LogP contribution < -0.4 is 21.1 Å².